The Hall–Kier alpha value is -2.28. The summed E-state index contributed by atoms with van der Waals surface area (Å²) in [6.45, 7) is 1.20. The molecular formula is C12H15N5O2. The van der Waals surface area contributed by atoms with Gasteiger partial charge < -0.3 is 14.6 Å². The van der Waals surface area contributed by atoms with E-state index in [9.17, 15) is 4.79 Å². The minimum Gasteiger partial charge on any atom is -0.465 e. The van der Waals surface area contributed by atoms with Crippen molar-refractivity contribution >= 4 is 5.97 Å². The Morgan fingerprint density at radius 1 is 1.42 bits per heavy atom. The number of pyridine rings is 1. The normalized spacial score (nSPS) is 10.4. The second-order valence-electron chi connectivity index (χ2n) is 3.99. The Balaban J connectivity index is 1.86. The van der Waals surface area contributed by atoms with Gasteiger partial charge in [0.15, 0.2) is 0 Å². The maximum Gasteiger partial charge on any atom is 0.339 e. The molecule has 0 unspecified atom stereocenters. The van der Waals surface area contributed by atoms with E-state index in [1.165, 1.54) is 13.3 Å². The summed E-state index contributed by atoms with van der Waals surface area (Å²) >= 11 is 0. The van der Waals surface area contributed by atoms with Crippen LogP contribution < -0.4 is 5.32 Å². The van der Waals surface area contributed by atoms with E-state index >= 15 is 0 Å². The van der Waals surface area contributed by atoms with Crippen LogP contribution >= 0.6 is 0 Å². The number of carbonyl (C=O) groups excluding carboxylic acids is 1. The second-order valence-corrected chi connectivity index (χ2v) is 3.99. The quantitative estimate of drug-likeness (QED) is 0.779. The number of nitrogens with one attached hydrogen (secondary N) is 1. The largest absolute Gasteiger partial charge is 0.465 e. The van der Waals surface area contributed by atoms with E-state index in [1.807, 2.05) is 11.6 Å². The maximum atomic E-state index is 11.2. The Morgan fingerprint density at radius 3 is 2.84 bits per heavy atom. The molecule has 0 amide bonds. The zero-order valence-corrected chi connectivity index (χ0v) is 10.8. The van der Waals surface area contributed by atoms with Gasteiger partial charge in [-0.3, -0.25) is 4.98 Å². The number of hydrogen-bond acceptors (Lipinski definition) is 6. The molecule has 0 saturated carbocycles. The number of methoxy groups -OCH3 is 1. The smallest absolute Gasteiger partial charge is 0.339 e. The predicted octanol–water partition coefficient (Wildman–Crippen LogP) is 0.286. The van der Waals surface area contributed by atoms with E-state index in [0.717, 1.165) is 11.5 Å². The lowest BCUT2D eigenvalue weighted by atomic mass is 10.2. The average molecular weight is 261 g/mol. The zero-order chi connectivity index (χ0) is 13.7. The highest BCUT2D eigenvalue weighted by atomic mass is 16.5. The van der Waals surface area contributed by atoms with Gasteiger partial charge in [0.1, 0.15) is 12.2 Å². The van der Waals surface area contributed by atoms with Gasteiger partial charge in [0.05, 0.1) is 24.9 Å². The first-order chi connectivity index (χ1) is 9.20. The third-order valence-corrected chi connectivity index (χ3v) is 2.64. The highest BCUT2D eigenvalue weighted by Gasteiger charge is 2.05. The Kier molecular flexibility index (Phi) is 4.19. The topological polar surface area (TPSA) is 81.9 Å². The standard InChI is InChI=1S/C12H15N5O2/c1-17-8-15-16-11(17)7-13-6-10-4-3-9(5-14-10)12(18)19-2/h3-5,8,13H,6-7H2,1-2H3. The van der Waals surface area contributed by atoms with Gasteiger partial charge >= 0.3 is 5.97 Å². The summed E-state index contributed by atoms with van der Waals surface area (Å²) in [4.78, 5) is 15.4. The van der Waals surface area contributed by atoms with Gasteiger partial charge in [0.2, 0.25) is 0 Å². The third kappa shape index (κ3) is 3.35. The summed E-state index contributed by atoms with van der Waals surface area (Å²) in [6.07, 6.45) is 3.16. The molecule has 2 aromatic rings. The molecular weight excluding hydrogens is 246 g/mol. The van der Waals surface area contributed by atoms with E-state index < -0.39 is 0 Å². The van der Waals surface area contributed by atoms with Crippen LogP contribution in [0.3, 0.4) is 0 Å². The summed E-state index contributed by atoms with van der Waals surface area (Å²) in [5, 5.41) is 11.0. The number of esters is 1. The monoisotopic (exact) mass is 261 g/mol. The lowest BCUT2D eigenvalue weighted by Gasteiger charge is -2.04. The minimum absolute atomic E-state index is 0.383. The molecule has 19 heavy (non-hydrogen) atoms. The van der Waals surface area contributed by atoms with Crippen molar-refractivity contribution in [2.24, 2.45) is 7.05 Å². The lowest BCUT2D eigenvalue weighted by Crippen LogP contribution is -2.16. The summed E-state index contributed by atoms with van der Waals surface area (Å²) in [5.74, 6) is 0.470. The van der Waals surface area contributed by atoms with Crippen molar-refractivity contribution in [2.75, 3.05) is 7.11 Å². The highest BCUT2D eigenvalue weighted by Crippen LogP contribution is 2.02. The number of ether oxygens (including phenoxy) is 1. The van der Waals surface area contributed by atoms with Crippen LogP contribution in [-0.2, 0) is 24.9 Å². The SMILES string of the molecule is COC(=O)c1ccc(CNCc2nncn2C)nc1. The van der Waals surface area contributed by atoms with Crippen LogP contribution in [0.25, 0.3) is 0 Å². The number of aryl methyl sites for hydroxylation is 1. The van der Waals surface area contributed by atoms with Crippen molar-refractivity contribution < 1.29 is 9.53 Å². The maximum absolute atomic E-state index is 11.2. The number of carbonyl (C=O) groups is 1. The van der Waals surface area contributed by atoms with Gasteiger partial charge in [-0.15, -0.1) is 10.2 Å². The summed E-state index contributed by atoms with van der Waals surface area (Å²) in [6, 6.07) is 3.48. The Morgan fingerprint density at radius 2 is 2.26 bits per heavy atom. The van der Waals surface area contributed by atoms with Crippen molar-refractivity contribution in [3.63, 3.8) is 0 Å². The second kappa shape index (κ2) is 6.05. The minimum atomic E-state index is -0.383. The van der Waals surface area contributed by atoms with Crippen LogP contribution in [0.5, 0.6) is 0 Å². The van der Waals surface area contributed by atoms with E-state index in [1.54, 1.807) is 18.5 Å². The fourth-order valence-electron chi connectivity index (χ4n) is 1.54. The number of rotatable bonds is 5. The van der Waals surface area contributed by atoms with E-state index in [-0.39, 0.29) is 5.97 Å². The molecule has 0 fully saturated rings. The molecule has 2 rings (SSSR count). The van der Waals surface area contributed by atoms with Crippen LogP contribution in [0.4, 0.5) is 0 Å². The molecule has 2 aromatic heterocycles. The molecule has 0 bridgehead atoms. The molecule has 0 atom stereocenters. The third-order valence-electron chi connectivity index (χ3n) is 2.64. The first kappa shape index (κ1) is 13.2. The molecule has 0 saturated heterocycles. The lowest BCUT2D eigenvalue weighted by molar-refractivity contribution is 0.0600. The van der Waals surface area contributed by atoms with Gasteiger partial charge in [-0.2, -0.15) is 0 Å². The van der Waals surface area contributed by atoms with Crippen LogP contribution in [-0.4, -0.2) is 32.8 Å². The molecule has 0 aliphatic heterocycles. The van der Waals surface area contributed by atoms with Gasteiger partial charge in [0.25, 0.3) is 0 Å². The molecule has 7 nitrogen and oxygen atoms in total. The summed E-state index contributed by atoms with van der Waals surface area (Å²) < 4.78 is 6.45. The van der Waals surface area contributed by atoms with Gasteiger partial charge in [-0.1, -0.05) is 0 Å². The molecule has 100 valence electrons. The fraction of sp³-hybridized carbons (Fsp3) is 0.333. The number of hydrogen-bond donors (Lipinski definition) is 1. The van der Waals surface area contributed by atoms with Crippen LogP contribution in [0.1, 0.15) is 21.9 Å². The van der Waals surface area contributed by atoms with Crippen LogP contribution in [0.15, 0.2) is 24.7 Å². The molecule has 1 N–H and O–H groups in total. The first-order valence-corrected chi connectivity index (χ1v) is 5.77. The molecule has 0 radical (unpaired) electrons. The molecule has 7 heteroatoms. The Labute approximate surface area is 110 Å². The first-order valence-electron chi connectivity index (χ1n) is 5.77. The van der Waals surface area contributed by atoms with Crippen molar-refractivity contribution in [1.29, 1.82) is 0 Å². The van der Waals surface area contributed by atoms with Crippen LogP contribution in [0.2, 0.25) is 0 Å². The molecule has 0 aliphatic carbocycles. The summed E-state index contributed by atoms with van der Waals surface area (Å²) in [5.41, 5.74) is 1.29. The zero-order valence-electron chi connectivity index (χ0n) is 10.8. The van der Waals surface area contributed by atoms with Crippen molar-refractivity contribution in [1.82, 2.24) is 25.1 Å². The van der Waals surface area contributed by atoms with Crippen LogP contribution in [0, 0.1) is 0 Å². The highest BCUT2D eigenvalue weighted by molar-refractivity contribution is 5.88. The van der Waals surface area contributed by atoms with E-state index in [2.05, 4.69) is 25.2 Å². The molecule has 0 aliphatic rings. The van der Waals surface area contributed by atoms with Crippen molar-refractivity contribution in [3.05, 3.63) is 41.7 Å². The fourth-order valence-corrected chi connectivity index (χ4v) is 1.54. The van der Waals surface area contributed by atoms with Crippen molar-refractivity contribution in [2.45, 2.75) is 13.1 Å². The number of aromatic nitrogens is 4. The molecule has 2 heterocycles. The predicted molar refractivity (Wildman–Crippen MR) is 67.1 cm³/mol. The average Bonchev–Trinajstić information content (AvgIpc) is 2.84. The van der Waals surface area contributed by atoms with E-state index in [4.69, 9.17) is 0 Å². The number of nitrogens with zero attached hydrogens (tertiary/aromatic N) is 4. The van der Waals surface area contributed by atoms with Gasteiger partial charge in [-0.05, 0) is 12.1 Å². The van der Waals surface area contributed by atoms with Crippen molar-refractivity contribution in [3.8, 4) is 0 Å². The van der Waals surface area contributed by atoms with Gasteiger partial charge in [0, 0.05) is 19.8 Å². The molecule has 0 spiro atoms. The summed E-state index contributed by atoms with van der Waals surface area (Å²) in [7, 11) is 3.24. The molecule has 0 aromatic carbocycles. The van der Waals surface area contributed by atoms with Gasteiger partial charge in [-0.25, -0.2) is 4.79 Å². The Bertz CT molecular complexity index is 550. The van der Waals surface area contributed by atoms with E-state index in [0.29, 0.717) is 18.7 Å².